The number of thioether (sulfide) groups is 1. The molecule has 140 valence electrons. The monoisotopic (exact) mass is 373 g/mol. The topological polar surface area (TPSA) is 60.3 Å². The summed E-state index contributed by atoms with van der Waals surface area (Å²) in [5, 5.41) is 11.5. The second kappa shape index (κ2) is 8.79. The molecule has 1 amide bonds. The molecule has 3 rings (SSSR count). The van der Waals surface area contributed by atoms with E-state index in [-0.39, 0.29) is 5.91 Å². The number of amidine groups is 1. The summed E-state index contributed by atoms with van der Waals surface area (Å²) < 4.78 is 0. The van der Waals surface area contributed by atoms with Crippen LogP contribution in [0.5, 0.6) is 0 Å². The van der Waals surface area contributed by atoms with E-state index in [4.69, 9.17) is 0 Å². The van der Waals surface area contributed by atoms with Crippen molar-refractivity contribution in [2.75, 3.05) is 38.5 Å². The maximum absolute atomic E-state index is 11.2. The summed E-state index contributed by atoms with van der Waals surface area (Å²) in [6.07, 6.45) is 1.79. The van der Waals surface area contributed by atoms with Gasteiger partial charge in [0.25, 0.3) is 0 Å². The van der Waals surface area contributed by atoms with Crippen LogP contribution >= 0.6 is 11.8 Å². The summed E-state index contributed by atoms with van der Waals surface area (Å²) in [4.78, 5) is 16.2. The van der Waals surface area contributed by atoms with Gasteiger partial charge in [-0.1, -0.05) is 36.4 Å². The molecule has 0 aromatic heterocycles. The Kier molecular flexibility index (Phi) is 6.45. The Bertz CT molecular complexity index is 723. The van der Waals surface area contributed by atoms with Crippen LogP contribution in [0.4, 0.5) is 0 Å². The van der Waals surface area contributed by atoms with Crippen LogP contribution in [-0.2, 0) is 11.3 Å². The van der Waals surface area contributed by atoms with Gasteiger partial charge < -0.3 is 10.2 Å². The van der Waals surface area contributed by atoms with Gasteiger partial charge in [0.1, 0.15) is 0 Å². The van der Waals surface area contributed by atoms with Crippen molar-refractivity contribution in [1.29, 1.82) is 0 Å². The van der Waals surface area contributed by atoms with Gasteiger partial charge in [-0.25, -0.2) is 0 Å². The van der Waals surface area contributed by atoms with Crippen LogP contribution in [0.3, 0.4) is 0 Å². The quantitative estimate of drug-likeness (QED) is 0.633. The van der Waals surface area contributed by atoms with Gasteiger partial charge in [0.15, 0.2) is 5.17 Å². The highest BCUT2D eigenvalue weighted by Crippen LogP contribution is 2.19. The minimum absolute atomic E-state index is 0.0128. The van der Waals surface area contributed by atoms with E-state index in [0.29, 0.717) is 10.9 Å². The van der Waals surface area contributed by atoms with Crippen LogP contribution in [0.2, 0.25) is 0 Å². The van der Waals surface area contributed by atoms with Crippen molar-refractivity contribution < 1.29 is 4.79 Å². The molecule has 0 saturated carbocycles. The van der Waals surface area contributed by atoms with Crippen molar-refractivity contribution in [1.82, 2.24) is 15.1 Å². The maximum Gasteiger partial charge on any atom is 0.236 e. The Morgan fingerprint density at radius 3 is 2.58 bits per heavy atom. The van der Waals surface area contributed by atoms with Crippen molar-refractivity contribution >= 4 is 29.1 Å². The predicted molar refractivity (Wildman–Crippen MR) is 109 cm³/mol. The molecule has 2 aliphatic heterocycles. The van der Waals surface area contributed by atoms with Gasteiger partial charge >= 0.3 is 0 Å². The predicted octanol–water partition coefficient (Wildman–Crippen LogP) is 1.99. The number of hydrogen-bond acceptors (Lipinski definition) is 6. The fourth-order valence-corrected chi connectivity index (χ4v) is 3.92. The van der Waals surface area contributed by atoms with Gasteiger partial charge in [-0.3, -0.25) is 9.69 Å². The molecule has 6 nitrogen and oxygen atoms in total. The van der Waals surface area contributed by atoms with Crippen LogP contribution in [0, 0.1) is 13.8 Å². The first-order chi connectivity index (χ1) is 12.5. The van der Waals surface area contributed by atoms with Crippen molar-refractivity contribution in [2.45, 2.75) is 27.3 Å². The molecule has 1 aromatic carbocycles. The number of piperazine rings is 1. The molecular weight excluding hydrogens is 346 g/mol. The van der Waals surface area contributed by atoms with Crippen LogP contribution in [0.15, 0.2) is 22.3 Å². The number of likely N-dealkylation sites (N-methyl/N-ethyl adjacent to an activating group) is 1. The highest BCUT2D eigenvalue weighted by atomic mass is 32.2. The molecule has 0 radical (unpaired) electrons. The number of rotatable bonds is 5. The number of hydrogen-bond donors (Lipinski definition) is 1. The average Bonchev–Trinajstić information content (AvgIpc) is 3.04. The normalized spacial score (nSPS) is 21.0. The van der Waals surface area contributed by atoms with Gasteiger partial charge in [0.2, 0.25) is 5.91 Å². The maximum atomic E-state index is 11.2. The Morgan fingerprint density at radius 1 is 1.19 bits per heavy atom. The number of nitrogens with zero attached hydrogens (tertiary/aromatic N) is 4. The second-order valence-electron chi connectivity index (χ2n) is 6.84. The Hall–Kier alpha value is -1.70. The minimum Gasteiger partial charge on any atom is -0.303 e. The number of benzene rings is 1. The number of carbonyl (C=O) groups excluding carboxylic acids is 1. The van der Waals surface area contributed by atoms with Crippen LogP contribution < -0.4 is 5.32 Å². The molecule has 7 heteroatoms. The van der Waals surface area contributed by atoms with Crippen LogP contribution in [-0.4, -0.2) is 65.6 Å². The summed E-state index contributed by atoms with van der Waals surface area (Å²) in [5.74, 6) is 0.411. The zero-order valence-corrected chi connectivity index (χ0v) is 16.6. The number of carbonyl (C=O) groups is 1. The number of aryl methyl sites for hydroxylation is 1. The highest BCUT2D eigenvalue weighted by Gasteiger charge is 2.17. The average molecular weight is 374 g/mol. The van der Waals surface area contributed by atoms with Gasteiger partial charge in [-0.15, -0.1) is 5.10 Å². The zero-order valence-electron chi connectivity index (χ0n) is 15.8. The summed E-state index contributed by atoms with van der Waals surface area (Å²) in [6, 6.07) is 4.41. The lowest BCUT2D eigenvalue weighted by Crippen LogP contribution is -2.45. The van der Waals surface area contributed by atoms with Crippen LogP contribution in [0.1, 0.15) is 29.2 Å². The molecule has 2 saturated heterocycles. The molecular formula is C19H27N5OS. The Labute approximate surface area is 159 Å². The third kappa shape index (κ3) is 4.93. The van der Waals surface area contributed by atoms with Crippen molar-refractivity contribution in [3.8, 4) is 0 Å². The summed E-state index contributed by atoms with van der Waals surface area (Å²) in [6.45, 7) is 13.2. The fourth-order valence-electron chi connectivity index (χ4n) is 3.29. The lowest BCUT2D eigenvalue weighted by Gasteiger charge is -2.34. The van der Waals surface area contributed by atoms with Crippen molar-refractivity contribution in [2.24, 2.45) is 10.2 Å². The lowest BCUT2D eigenvalue weighted by atomic mass is 9.99. The molecule has 1 aromatic rings. The Balaban J connectivity index is 1.69. The zero-order chi connectivity index (χ0) is 18.5. The third-order valence-corrected chi connectivity index (χ3v) is 5.80. The molecule has 0 aliphatic carbocycles. The smallest absolute Gasteiger partial charge is 0.236 e. The molecule has 2 heterocycles. The minimum atomic E-state index is -0.0128. The molecule has 0 spiro atoms. The van der Waals surface area contributed by atoms with E-state index in [1.54, 1.807) is 6.21 Å². The number of nitrogens with one attached hydrogen (secondary N) is 1. The standard InChI is InChI=1S/C19H27N5OS/c1-4-23-5-7-24(8-6-23)12-17-10-14(2)9-16(15(17)3)11-20-22-19-21-18(25)13-26-19/h9-11H,4-8,12-13H2,1-3H3,(H,21,22,25). The van der Waals surface area contributed by atoms with Crippen molar-refractivity contribution in [3.05, 3.63) is 34.4 Å². The largest absolute Gasteiger partial charge is 0.303 e. The van der Waals surface area contributed by atoms with Gasteiger partial charge in [-0.05, 0) is 37.1 Å². The van der Waals surface area contributed by atoms with E-state index >= 15 is 0 Å². The molecule has 0 bridgehead atoms. The van der Waals surface area contributed by atoms with E-state index < -0.39 is 0 Å². The summed E-state index contributed by atoms with van der Waals surface area (Å²) in [5.41, 5.74) is 4.93. The summed E-state index contributed by atoms with van der Waals surface area (Å²) in [7, 11) is 0. The molecule has 2 aliphatic rings. The van der Waals surface area contributed by atoms with Gasteiger partial charge in [0.05, 0.1) is 12.0 Å². The second-order valence-corrected chi connectivity index (χ2v) is 7.80. The first kappa shape index (κ1) is 19.1. The molecule has 1 N–H and O–H groups in total. The van der Waals surface area contributed by atoms with Crippen molar-refractivity contribution in [3.63, 3.8) is 0 Å². The van der Waals surface area contributed by atoms with E-state index in [9.17, 15) is 4.79 Å². The molecule has 0 unspecified atom stereocenters. The van der Waals surface area contributed by atoms with E-state index in [2.05, 4.69) is 58.2 Å². The third-order valence-electron chi connectivity index (χ3n) is 4.94. The summed E-state index contributed by atoms with van der Waals surface area (Å²) >= 11 is 1.39. The highest BCUT2D eigenvalue weighted by molar-refractivity contribution is 8.15. The molecule has 2 fully saturated rings. The van der Waals surface area contributed by atoms with Crippen LogP contribution in [0.25, 0.3) is 0 Å². The van der Waals surface area contributed by atoms with E-state index in [1.807, 2.05) is 0 Å². The van der Waals surface area contributed by atoms with E-state index in [1.165, 1.54) is 28.5 Å². The van der Waals surface area contributed by atoms with Gasteiger partial charge in [-0.2, -0.15) is 5.10 Å². The molecule has 0 atom stereocenters. The first-order valence-electron chi connectivity index (χ1n) is 9.13. The Morgan fingerprint density at radius 2 is 1.92 bits per heavy atom. The number of amides is 1. The van der Waals surface area contributed by atoms with Gasteiger partial charge in [0, 0.05) is 32.7 Å². The SMILES string of the molecule is CCN1CCN(Cc2cc(C)cc(C=NN=C3NC(=O)CS3)c2C)CC1. The van der Waals surface area contributed by atoms with E-state index in [0.717, 1.165) is 44.8 Å². The first-order valence-corrected chi connectivity index (χ1v) is 10.1. The molecule has 26 heavy (non-hydrogen) atoms. The lowest BCUT2D eigenvalue weighted by molar-refractivity contribution is -0.116. The fraction of sp³-hybridized carbons (Fsp3) is 0.526.